The molecule has 0 amide bonds. The van der Waals surface area contributed by atoms with Crippen LogP contribution in [0.3, 0.4) is 0 Å². The van der Waals surface area contributed by atoms with Gasteiger partial charge in [0.05, 0.1) is 6.54 Å². The number of hydrogen-bond acceptors (Lipinski definition) is 4. The summed E-state index contributed by atoms with van der Waals surface area (Å²) in [6.45, 7) is 2.28. The normalized spacial score (nSPS) is 19.5. The topological polar surface area (TPSA) is 50.8 Å². The molecule has 1 fully saturated rings. The summed E-state index contributed by atoms with van der Waals surface area (Å²) in [6.07, 6.45) is -0.770. The molecule has 2 heterocycles. The Morgan fingerprint density at radius 3 is 2.30 bits per heavy atom. The molecule has 0 aromatic heterocycles. The van der Waals surface area contributed by atoms with Crippen molar-refractivity contribution in [1.82, 2.24) is 0 Å². The molecule has 0 bridgehead atoms. The van der Waals surface area contributed by atoms with E-state index >= 15 is 0 Å². The van der Waals surface area contributed by atoms with E-state index in [2.05, 4.69) is 14.6 Å². The van der Waals surface area contributed by atoms with Gasteiger partial charge in [0.25, 0.3) is 0 Å². The molecule has 0 atom stereocenters. The molecule has 1 saturated heterocycles. The van der Waals surface area contributed by atoms with Gasteiger partial charge in [0.15, 0.2) is 0 Å². The molecule has 124 valence electrons. The maximum absolute atomic E-state index is 12.2. The number of piperidine rings is 1. The summed E-state index contributed by atoms with van der Waals surface area (Å²) >= 11 is 0. The molecule has 3 rings (SSSR count). The number of aliphatic imine (C=N–C) groups is 1. The zero-order valence-corrected chi connectivity index (χ0v) is 12.5. The Bertz CT molecular complexity index is 614. The average Bonchev–Trinajstić information content (AvgIpc) is 2.93. The number of benzene rings is 1. The van der Waals surface area contributed by atoms with Gasteiger partial charge in [0, 0.05) is 36.1 Å². The maximum Gasteiger partial charge on any atom is 0.573 e. The maximum atomic E-state index is 12.2. The molecule has 2 N–H and O–H groups in total. The average molecular weight is 325 g/mol. The van der Waals surface area contributed by atoms with Gasteiger partial charge in [0.1, 0.15) is 5.75 Å². The molecule has 2 aliphatic rings. The first kappa shape index (κ1) is 15.7. The fourth-order valence-electron chi connectivity index (χ4n) is 3.00. The van der Waals surface area contributed by atoms with Crippen molar-refractivity contribution < 1.29 is 17.9 Å². The Hall–Kier alpha value is -2.18. The number of anilines is 1. The predicted octanol–water partition coefficient (Wildman–Crippen LogP) is 3.10. The van der Waals surface area contributed by atoms with Crippen LogP contribution in [0.15, 0.2) is 41.0 Å². The van der Waals surface area contributed by atoms with Crippen molar-refractivity contribution in [2.24, 2.45) is 16.6 Å². The molecule has 0 aliphatic carbocycles. The first-order valence-corrected chi connectivity index (χ1v) is 7.52. The summed E-state index contributed by atoms with van der Waals surface area (Å²) in [5.74, 6) is 0.220. The zero-order chi connectivity index (χ0) is 16.4. The predicted molar refractivity (Wildman–Crippen MR) is 82.6 cm³/mol. The molecular weight excluding hydrogens is 307 g/mol. The lowest BCUT2D eigenvalue weighted by Gasteiger charge is -2.33. The van der Waals surface area contributed by atoms with Crippen LogP contribution in [-0.2, 0) is 0 Å². The standard InChI is InChI=1S/C16H18F3N3O/c17-16(18,19)23-14-3-1-13(2-4-14)22-7-5-11(6-8-22)15-9-12(20)10-21-15/h1-4,9,11H,5-8,10,20H2. The molecule has 0 spiro atoms. The molecule has 4 nitrogen and oxygen atoms in total. The molecule has 1 aromatic rings. The van der Waals surface area contributed by atoms with Crippen LogP contribution in [0.2, 0.25) is 0 Å². The second-order valence-electron chi connectivity index (χ2n) is 5.76. The van der Waals surface area contributed by atoms with E-state index < -0.39 is 6.36 Å². The van der Waals surface area contributed by atoms with E-state index in [0.29, 0.717) is 12.5 Å². The number of alkyl halides is 3. The first-order chi connectivity index (χ1) is 10.9. The van der Waals surface area contributed by atoms with E-state index in [0.717, 1.165) is 43.0 Å². The second kappa shape index (κ2) is 6.14. The van der Waals surface area contributed by atoms with Crippen LogP contribution in [0.1, 0.15) is 12.8 Å². The molecular formula is C16H18F3N3O. The zero-order valence-electron chi connectivity index (χ0n) is 12.5. The number of halogens is 3. The number of ether oxygens (including phenoxy) is 1. The van der Waals surface area contributed by atoms with E-state index in [1.54, 1.807) is 12.1 Å². The Labute approximate surface area is 132 Å². The van der Waals surface area contributed by atoms with Crippen LogP contribution >= 0.6 is 0 Å². The molecule has 7 heteroatoms. The number of hydrogen-bond donors (Lipinski definition) is 1. The largest absolute Gasteiger partial charge is 0.573 e. The molecule has 23 heavy (non-hydrogen) atoms. The van der Waals surface area contributed by atoms with Gasteiger partial charge in [-0.25, -0.2) is 0 Å². The SMILES string of the molecule is NC1=CC(C2CCN(c3ccc(OC(F)(F)F)cc3)CC2)=NC1. The summed E-state index contributed by atoms with van der Waals surface area (Å²) in [7, 11) is 0. The Kier molecular flexibility index (Phi) is 4.19. The van der Waals surface area contributed by atoms with Crippen molar-refractivity contribution in [3.05, 3.63) is 36.0 Å². The summed E-state index contributed by atoms with van der Waals surface area (Å²) in [5, 5.41) is 0. The highest BCUT2D eigenvalue weighted by Crippen LogP contribution is 2.29. The van der Waals surface area contributed by atoms with Gasteiger partial charge in [-0.1, -0.05) is 0 Å². The van der Waals surface area contributed by atoms with Gasteiger partial charge < -0.3 is 15.4 Å². The van der Waals surface area contributed by atoms with Crippen molar-refractivity contribution in [2.75, 3.05) is 24.5 Å². The minimum atomic E-state index is -4.66. The number of nitrogens with two attached hydrogens (primary N) is 1. The Morgan fingerprint density at radius 1 is 1.13 bits per heavy atom. The third kappa shape index (κ3) is 3.97. The van der Waals surface area contributed by atoms with Crippen LogP contribution < -0.4 is 15.4 Å². The first-order valence-electron chi connectivity index (χ1n) is 7.52. The summed E-state index contributed by atoms with van der Waals surface area (Å²) in [6, 6.07) is 6.01. The Morgan fingerprint density at radius 2 is 1.78 bits per heavy atom. The Balaban J connectivity index is 1.57. The van der Waals surface area contributed by atoms with Crippen LogP contribution in [0, 0.1) is 5.92 Å². The lowest BCUT2D eigenvalue weighted by molar-refractivity contribution is -0.274. The smallest absolute Gasteiger partial charge is 0.406 e. The molecule has 0 unspecified atom stereocenters. The van der Waals surface area contributed by atoms with Crippen molar-refractivity contribution in [3.63, 3.8) is 0 Å². The van der Waals surface area contributed by atoms with Gasteiger partial charge in [-0.15, -0.1) is 13.2 Å². The van der Waals surface area contributed by atoms with Crippen molar-refractivity contribution >= 4 is 11.4 Å². The van der Waals surface area contributed by atoms with E-state index in [4.69, 9.17) is 5.73 Å². The lowest BCUT2D eigenvalue weighted by atomic mass is 9.91. The summed E-state index contributed by atoms with van der Waals surface area (Å²) < 4.78 is 40.4. The lowest BCUT2D eigenvalue weighted by Crippen LogP contribution is -2.35. The molecule has 0 saturated carbocycles. The van der Waals surface area contributed by atoms with Gasteiger partial charge in [-0.05, 0) is 43.2 Å². The molecule has 0 radical (unpaired) electrons. The third-order valence-corrected chi connectivity index (χ3v) is 4.13. The minimum Gasteiger partial charge on any atom is -0.406 e. The number of allylic oxidation sites excluding steroid dienone is 1. The van der Waals surface area contributed by atoms with Crippen LogP contribution in [0.5, 0.6) is 5.75 Å². The third-order valence-electron chi connectivity index (χ3n) is 4.13. The van der Waals surface area contributed by atoms with Crippen molar-refractivity contribution in [1.29, 1.82) is 0 Å². The van der Waals surface area contributed by atoms with E-state index in [-0.39, 0.29) is 5.75 Å². The highest BCUT2D eigenvalue weighted by Gasteiger charge is 2.31. The highest BCUT2D eigenvalue weighted by molar-refractivity contribution is 5.99. The second-order valence-corrected chi connectivity index (χ2v) is 5.76. The van der Waals surface area contributed by atoms with Crippen molar-refractivity contribution in [2.45, 2.75) is 19.2 Å². The van der Waals surface area contributed by atoms with Gasteiger partial charge in [0.2, 0.25) is 0 Å². The molecule has 2 aliphatic heterocycles. The van der Waals surface area contributed by atoms with Gasteiger partial charge in [-0.3, -0.25) is 4.99 Å². The van der Waals surface area contributed by atoms with E-state index in [1.165, 1.54) is 12.1 Å². The number of rotatable bonds is 3. The van der Waals surface area contributed by atoms with Crippen LogP contribution in [0.25, 0.3) is 0 Å². The molecule has 1 aromatic carbocycles. The summed E-state index contributed by atoms with van der Waals surface area (Å²) in [5.41, 5.74) is 8.54. The highest BCUT2D eigenvalue weighted by atomic mass is 19.4. The van der Waals surface area contributed by atoms with Crippen molar-refractivity contribution in [3.8, 4) is 5.75 Å². The van der Waals surface area contributed by atoms with Crippen LogP contribution in [0.4, 0.5) is 18.9 Å². The van der Waals surface area contributed by atoms with E-state index in [9.17, 15) is 13.2 Å². The van der Waals surface area contributed by atoms with Gasteiger partial charge >= 0.3 is 6.36 Å². The monoisotopic (exact) mass is 325 g/mol. The quantitative estimate of drug-likeness (QED) is 0.929. The minimum absolute atomic E-state index is 0.197. The fourth-order valence-corrected chi connectivity index (χ4v) is 3.00. The van der Waals surface area contributed by atoms with E-state index in [1.807, 2.05) is 6.08 Å². The van der Waals surface area contributed by atoms with Gasteiger partial charge in [-0.2, -0.15) is 0 Å². The number of nitrogens with zero attached hydrogens (tertiary/aromatic N) is 2. The van der Waals surface area contributed by atoms with Crippen LogP contribution in [-0.4, -0.2) is 31.7 Å². The summed E-state index contributed by atoms with van der Waals surface area (Å²) in [4.78, 5) is 6.60. The fraction of sp³-hybridized carbons (Fsp3) is 0.438.